The van der Waals surface area contributed by atoms with E-state index in [1.807, 2.05) is 35.4 Å². The van der Waals surface area contributed by atoms with Crippen LogP contribution in [-0.2, 0) is 9.53 Å². The molecule has 1 amide bonds. The molecule has 20 heavy (non-hydrogen) atoms. The van der Waals surface area contributed by atoms with Crippen LogP contribution in [0.15, 0.2) is 29.8 Å². The van der Waals surface area contributed by atoms with E-state index in [0.29, 0.717) is 18.0 Å². The van der Waals surface area contributed by atoms with Gasteiger partial charge >= 0.3 is 0 Å². The summed E-state index contributed by atoms with van der Waals surface area (Å²) in [7, 11) is 0. The van der Waals surface area contributed by atoms with Crippen molar-refractivity contribution in [3.63, 3.8) is 0 Å². The van der Waals surface area contributed by atoms with Crippen LogP contribution in [0.5, 0.6) is 0 Å². The first kappa shape index (κ1) is 13.1. The van der Waals surface area contributed by atoms with Crippen LogP contribution < -0.4 is 16.2 Å². The molecule has 0 aliphatic carbocycles. The van der Waals surface area contributed by atoms with E-state index in [9.17, 15) is 4.79 Å². The maximum atomic E-state index is 11.4. The van der Waals surface area contributed by atoms with Crippen molar-refractivity contribution in [2.24, 2.45) is 11.7 Å². The molecule has 0 saturated carbocycles. The molecule has 0 bridgehead atoms. The molecule has 1 atom stereocenters. The van der Waals surface area contributed by atoms with Crippen LogP contribution in [0.2, 0.25) is 0 Å². The molecule has 3 rings (SSSR count). The van der Waals surface area contributed by atoms with Gasteiger partial charge in [0.2, 0.25) is 5.91 Å². The van der Waals surface area contributed by atoms with Gasteiger partial charge < -0.3 is 15.5 Å². The standard InChI is InChI=1S/C15H19N3O2/c16-15(19)13-7-12-3-1-2-4-14(12)18(9-13)17-8-11-5-6-20-10-11/h1-4,7,11,17H,5-6,8-10H2,(H2,16,19). The van der Waals surface area contributed by atoms with Crippen molar-refractivity contribution in [1.29, 1.82) is 0 Å². The molecule has 1 fully saturated rings. The number of amides is 1. The number of rotatable bonds is 4. The predicted molar refractivity (Wildman–Crippen MR) is 77.9 cm³/mol. The van der Waals surface area contributed by atoms with Crippen molar-refractivity contribution in [2.45, 2.75) is 6.42 Å². The second kappa shape index (κ2) is 5.64. The Kier molecular flexibility index (Phi) is 3.71. The van der Waals surface area contributed by atoms with E-state index >= 15 is 0 Å². The average Bonchev–Trinajstić information content (AvgIpc) is 2.97. The first-order valence-corrected chi connectivity index (χ1v) is 6.92. The molecule has 0 aromatic heterocycles. The van der Waals surface area contributed by atoms with Gasteiger partial charge in [-0.25, -0.2) is 5.43 Å². The van der Waals surface area contributed by atoms with Gasteiger partial charge in [-0.2, -0.15) is 0 Å². The number of hydrazine groups is 1. The molecule has 2 aliphatic heterocycles. The van der Waals surface area contributed by atoms with Gasteiger partial charge in [0.25, 0.3) is 0 Å². The lowest BCUT2D eigenvalue weighted by atomic mass is 10.0. The number of benzene rings is 1. The van der Waals surface area contributed by atoms with Gasteiger partial charge in [-0.1, -0.05) is 18.2 Å². The zero-order valence-corrected chi connectivity index (χ0v) is 11.3. The zero-order valence-electron chi connectivity index (χ0n) is 11.3. The molecule has 1 unspecified atom stereocenters. The summed E-state index contributed by atoms with van der Waals surface area (Å²) in [4.78, 5) is 11.4. The number of carbonyl (C=O) groups excluding carboxylic acids is 1. The van der Waals surface area contributed by atoms with Crippen molar-refractivity contribution in [3.8, 4) is 0 Å². The van der Waals surface area contributed by atoms with Gasteiger partial charge in [-0.05, 0) is 30.0 Å². The number of para-hydroxylation sites is 1. The number of fused-ring (bicyclic) bond motifs is 1. The number of anilines is 1. The van der Waals surface area contributed by atoms with Gasteiger partial charge in [0.05, 0.1) is 18.8 Å². The number of nitrogens with one attached hydrogen (secondary N) is 1. The largest absolute Gasteiger partial charge is 0.381 e. The Bertz CT molecular complexity index is 536. The summed E-state index contributed by atoms with van der Waals surface area (Å²) in [6.45, 7) is 3.00. The third-order valence-corrected chi connectivity index (χ3v) is 3.80. The maximum Gasteiger partial charge on any atom is 0.246 e. The quantitative estimate of drug-likeness (QED) is 0.856. The normalized spacial score (nSPS) is 21.5. The Balaban J connectivity index is 1.76. The summed E-state index contributed by atoms with van der Waals surface area (Å²) in [5.74, 6) is 0.167. The molecule has 0 radical (unpaired) electrons. The summed E-state index contributed by atoms with van der Waals surface area (Å²) >= 11 is 0. The molecule has 106 valence electrons. The van der Waals surface area contributed by atoms with Crippen LogP contribution in [0, 0.1) is 5.92 Å². The van der Waals surface area contributed by atoms with E-state index in [1.54, 1.807) is 0 Å². The van der Waals surface area contributed by atoms with Gasteiger partial charge in [0.15, 0.2) is 0 Å². The molecular weight excluding hydrogens is 254 g/mol. The molecule has 0 spiro atoms. The Hall–Kier alpha value is -1.85. The smallest absolute Gasteiger partial charge is 0.246 e. The van der Waals surface area contributed by atoms with Crippen LogP contribution in [0.4, 0.5) is 5.69 Å². The fraction of sp³-hybridized carbons (Fsp3) is 0.400. The summed E-state index contributed by atoms with van der Waals surface area (Å²) in [5, 5.41) is 2.01. The molecule has 1 aromatic rings. The summed E-state index contributed by atoms with van der Waals surface area (Å²) < 4.78 is 5.38. The molecule has 3 N–H and O–H groups in total. The Morgan fingerprint density at radius 1 is 1.45 bits per heavy atom. The topological polar surface area (TPSA) is 67.6 Å². The van der Waals surface area contributed by atoms with E-state index in [0.717, 1.165) is 37.4 Å². The third kappa shape index (κ3) is 2.69. The number of hydrogen-bond acceptors (Lipinski definition) is 4. The minimum absolute atomic E-state index is 0.365. The minimum Gasteiger partial charge on any atom is -0.381 e. The minimum atomic E-state index is -0.365. The highest BCUT2D eigenvalue weighted by atomic mass is 16.5. The second-order valence-electron chi connectivity index (χ2n) is 5.27. The van der Waals surface area contributed by atoms with Crippen molar-refractivity contribution < 1.29 is 9.53 Å². The van der Waals surface area contributed by atoms with E-state index < -0.39 is 0 Å². The first-order chi connectivity index (χ1) is 9.74. The fourth-order valence-electron chi connectivity index (χ4n) is 2.62. The highest BCUT2D eigenvalue weighted by molar-refractivity contribution is 5.99. The molecule has 1 saturated heterocycles. The van der Waals surface area contributed by atoms with Crippen molar-refractivity contribution in [1.82, 2.24) is 5.43 Å². The molecular formula is C15H19N3O2. The number of carbonyl (C=O) groups is 1. The fourth-order valence-corrected chi connectivity index (χ4v) is 2.62. The lowest BCUT2D eigenvalue weighted by molar-refractivity contribution is -0.114. The SMILES string of the molecule is NC(=O)C1=Cc2ccccc2N(NCC2CCOC2)C1. The van der Waals surface area contributed by atoms with Gasteiger partial charge in [0, 0.05) is 18.7 Å². The second-order valence-corrected chi connectivity index (χ2v) is 5.27. The zero-order chi connectivity index (χ0) is 13.9. The van der Waals surface area contributed by atoms with Crippen molar-refractivity contribution >= 4 is 17.7 Å². The summed E-state index contributed by atoms with van der Waals surface area (Å²) in [6, 6.07) is 7.99. The maximum absolute atomic E-state index is 11.4. The monoisotopic (exact) mass is 273 g/mol. The van der Waals surface area contributed by atoms with Crippen LogP contribution in [0.3, 0.4) is 0 Å². The van der Waals surface area contributed by atoms with Gasteiger partial charge in [-0.3, -0.25) is 4.79 Å². The number of nitrogens with two attached hydrogens (primary N) is 1. The molecule has 5 nitrogen and oxygen atoms in total. The molecule has 1 aromatic carbocycles. The van der Waals surface area contributed by atoms with Crippen LogP contribution in [0.25, 0.3) is 6.08 Å². The summed E-state index contributed by atoms with van der Waals surface area (Å²) in [5.41, 5.74) is 11.6. The molecule has 2 heterocycles. The average molecular weight is 273 g/mol. The van der Waals surface area contributed by atoms with Crippen molar-refractivity contribution in [3.05, 3.63) is 35.4 Å². The van der Waals surface area contributed by atoms with Crippen LogP contribution in [-0.4, -0.2) is 32.2 Å². The first-order valence-electron chi connectivity index (χ1n) is 6.92. The van der Waals surface area contributed by atoms with E-state index in [1.165, 1.54) is 0 Å². The van der Waals surface area contributed by atoms with Crippen molar-refractivity contribution in [2.75, 3.05) is 31.3 Å². The number of ether oxygens (including phenoxy) is 1. The van der Waals surface area contributed by atoms with E-state index in [-0.39, 0.29) is 5.91 Å². The van der Waals surface area contributed by atoms with Crippen LogP contribution in [0.1, 0.15) is 12.0 Å². The summed E-state index contributed by atoms with van der Waals surface area (Å²) in [6.07, 6.45) is 2.95. The molecule has 5 heteroatoms. The highest BCUT2D eigenvalue weighted by Gasteiger charge is 2.22. The molecule has 2 aliphatic rings. The lowest BCUT2D eigenvalue weighted by Gasteiger charge is -2.31. The number of primary amides is 1. The number of nitrogens with zero attached hydrogens (tertiary/aromatic N) is 1. The highest BCUT2D eigenvalue weighted by Crippen LogP contribution is 2.27. The third-order valence-electron chi connectivity index (χ3n) is 3.80. The Labute approximate surface area is 118 Å². The van der Waals surface area contributed by atoms with E-state index in [4.69, 9.17) is 10.5 Å². The van der Waals surface area contributed by atoms with E-state index in [2.05, 4.69) is 5.43 Å². The lowest BCUT2D eigenvalue weighted by Crippen LogP contribution is -2.45. The van der Waals surface area contributed by atoms with Gasteiger partial charge in [-0.15, -0.1) is 0 Å². The van der Waals surface area contributed by atoms with Crippen LogP contribution >= 0.6 is 0 Å². The predicted octanol–water partition coefficient (Wildman–Crippen LogP) is 0.916. The van der Waals surface area contributed by atoms with Gasteiger partial charge in [0.1, 0.15) is 0 Å². The number of hydrogen-bond donors (Lipinski definition) is 2. The Morgan fingerprint density at radius 3 is 3.05 bits per heavy atom. The Morgan fingerprint density at radius 2 is 2.30 bits per heavy atom.